The molecule has 2 radical (unpaired) electrons. The Bertz CT molecular complexity index is 3980. The maximum atomic E-state index is 11.1. The van der Waals surface area contributed by atoms with E-state index in [0.29, 0.717) is 26.2 Å². The molecule has 44 heteroatoms. The number of hydrogen-bond acceptors (Lipinski definition) is 30. The first-order chi connectivity index (χ1) is 60.7. The smallest absolute Gasteiger partial charge is 2.00 e. The minimum atomic E-state index is -1.13. The number of carbonyl (C=O) groups is 12. The maximum absolute atomic E-state index is 11.1. The van der Waals surface area contributed by atoms with E-state index in [2.05, 4.69) is 0 Å². The topological polar surface area (TPSA) is 712 Å². The van der Waals surface area contributed by atoms with Gasteiger partial charge in [-0.1, -0.05) is 364 Å². The molecule has 0 bridgehead atoms. The summed E-state index contributed by atoms with van der Waals surface area (Å²) >= 11 is 0. The summed E-state index contributed by atoms with van der Waals surface area (Å²) in [5.74, 6) is -13.5. The normalized spacial score (nSPS) is 8.45. The monoisotopic (exact) mass is 2280 g/mol. The van der Waals surface area contributed by atoms with Gasteiger partial charge in [-0.3, -0.25) is 0 Å². The van der Waals surface area contributed by atoms with Crippen LogP contribution >= 0.6 is 0 Å². The van der Waals surface area contributed by atoms with E-state index in [1.165, 1.54) is 146 Å². The summed E-state index contributed by atoms with van der Waals surface area (Å²) < 4.78 is 0. The van der Waals surface area contributed by atoms with E-state index in [0.717, 1.165) is 0 Å². The third-order valence-electron chi connectivity index (χ3n) is 14.4. The summed E-state index contributed by atoms with van der Waals surface area (Å²) in [7, 11) is 15.3. The molecule has 0 heterocycles. The van der Waals surface area contributed by atoms with Crippen molar-refractivity contribution in [2.24, 2.45) is 0 Å². The minimum Gasteiger partial charge on any atom is -2.00 e. The molecule has 0 N–H and O–H groups in total. The second kappa shape index (κ2) is 105. The molecule has 12 aromatic rings. The average Bonchev–Trinajstić information content (AvgIpc) is 0.980. The maximum Gasteiger partial charge on any atom is 3.00 e. The molecule has 0 fully saturated rings. The number of nitrogens with zero attached hydrogens (tertiary/aromatic N) is 4. The van der Waals surface area contributed by atoms with Crippen LogP contribution < -0.4 is 71.5 Å². The van der Waals surface area contributed by atoms with Gasteiger partial charge in [-0.05, 0) is 149 Å². The molecule has 0 saturated carbocycles. The average molecular weight is 2280 g/mol. The Kier molecular flexibility index (Phi) is 123. The SMILES string of the molecule is CN(C)CC([O-])CN(C)C.CN(C)CC([O-])CN(C)C.O=C([O-])c1ccccc1.O=C([O-])c1ccccc1.O=C([O-])c1ccccc1.O=C([O-])c1ccccc1.O=C([O-])c1ccccc1.O=C([O-])c1ccccc1.O=C([O-])c1ccccc1.O=C([O-])c1ccccc1.O=C([O-])c1ccccc1.O=C([O-])c1ccccc1.O=C([O-])c1ccccc1.O=C([O-])c1ccccc1.[Mn+3].[Mn+3].[Mn+3].[Mn+3].[Mn+3].[Mn+3].[Mn].[Mn].[O-2].[O-2].[O-2].[O-2].[O-2].[O-2]. The Morgan fingerprint density at radius 1 is 0.162 bits per heavy atom. The number of benzene rings is 12. The summed E-state index contributed by atoms with van der Waals surface area (Å²) in [4.78, 5) is 129. The van der Waals surface area contributed by atoms with Gasteiger partial charge < -0.3 is 181 Å². The molecule has 36 nitrogen and oxygen atoms in total. The Balaban J connectivity index is -0.0000000854. The van der Waals surface area contributed by atoms with Gasteiger partial charge in [0.1, 0.15) is 0 Å². The van der Waals surface area contributed by atoms with Crippen molar-refractivity contribution in [3.8, 4) is 0 Å². The zero-order chi connectivity index (χ0) is 96.6. The largest absolute Gasteiger partial charge is 3.00 e. The first-order valence-electron chi connectivity index (χ1n) is 37.8. The van der Waals surface area contributed by atoms with Crippen molar-refractivity contribution in [1.82, 2.24) is 19.6 Å². The van der Waals surface area contributed by atoms with Crippen molar-refractivity contribution < 1.29 is 298 Å². The van der Waals surface area contributed by atoms with E-state index in [4.69, 9.17) is 0 Å². The van der Waals surface area contributed by atoms with Gasteiger partial charge in [0, 0.05) is 34.1 Å². The molecular weight excluding hydrogens is 2180 g/mol. The van der Waals surface area contributed by atoms with Crippen LogP contribution in [0.3, 0.4) is 0 Å². The molecule has 0 aromatic heterocycles. The predicted octanol–water partition coefficient (Wildman–Crippen LogP) is -2.45. The van der Waals surface area contributed by atoms with Gasteiger partial charge in [0.25, 0.3) is 0 Å². The fraction of sp³-hybridized carbons (Fsp3) is 0.143. The quantitative estimate of drug-likeness (QED) is 0.0715. The second-order valence-corrected chi connectivity index (χ2v) is 26.1. The number of carboxylic acids is 12. The van der Waals surface area contributed by atoms with Crippen molar-refractivity contribution >= 4 is 71.6 Å². The molecule has 142 heavy (non-hydrogen) atoms. The number of aromatic carboxylic acids is 12. The molecule has 762 valence electrons. The number of likely N-dealkylation sites (N-methyl/N-ethyl adjacent to an activating group) is 4. The van der Waals surface area contributed by atoms with Gasteiger partial charge in [-0.15, -0.1) is 12.2 Å². The van der Waals surface area contributed by atoms with Crippen molar-refractivity contribution in [1.29, 1.82) is 0 Å². The number of carboxylic acid groups (broad SMARTS) is 12. The van der Waals surface area contributed by atoms with E-state index in [-0.39, 0.29) is 236 Å². The van der Waals surface area contributed by atoms with E-state index in [9.17, 15) is 129 Å². The molecule has 12 aromatic carbocycles. The fourth-order valence-corrected chi connectivity index (χ4v) is 8.64. The molecular formula is C98H94Mn8N4O32-8. The molecule has 0 amide bonds. The summed E-state index contributed by atoms with van der Waals surface area (Å²) in [6.07, 6.45) is -0.963. The Hall–Kier alpha value is -12.0. The fourth-order valence-electron chi connectivity index (χ4n) is 8.64. The number of hydrogen-bond donors (Lipinski definition) is 0. The first-order valence-corrected chi connectivity index (χ1v) is 37.8. The van der Waals surface area contributed by atoms with Gasteiger partial charge in [-0.25, -0.2) is 0 Å². The minimum absolute atomic E-state index is 0. The Morgan fingerprint density at radius 3 is 0.254 bits per heavy atom. The van der Waals surface area contributed by atoms with Crippen LogP contribution in [-0.2, 0) is 169 Å². The van der Waals surface area contributed by atoms with Crippen LogP contribution in [0.25, 0.3) is 0 Å². The summed E-state index contributed by atoms with van der Waals surface area (Å²) in [6, 6.07) is 96.8. The number of carbonyl (C=O) groups excluding carboxylic acids is 12. The zero-order valence-corrected chi connectivity index (χ0v) is 85.9. The van der Waals surface area contributed by atoms with Crippen LogP contribution in [0.1, 0.15) is 124 Å². The van der Waals surface area contributed by atoms with E-state index in [1.807, 2.05) is 76.0 Å². The van der Waals surface area contributed by atoms with Crippen LogP contribution in [0.4, 0.5) is 0 Å². The summed E-state index contributed by atoms with van der Waals surface area (Å²) in [5.41, 5.74) is 2.64. The van der Waals surface area contributed by atoms with Crippen molar-refractivity contribution in [2.45, 2.75) is 12.2 Å². The zero-order valence-electron chi connectivity index (χ0n) is 76.5. The van der Waals surface area contributed by atoms with Crippen molar-refractivity contribution in [2.75, 3.05) is 82.6 Å². The molecule has 0 spiro atoms. The molecule has 0 aliphatic heterocycles. The molecule has 0 saturated heterocycles. The van der Waals surface area contributed by atoms with E-state index < -0.39 is 83.8 Å². The first kappa shape index (κ1) is 166. The molecule has 12 rings (SSSR count). The van der Waals surface area contributed by atoms with Gasteiger partial charge >= 0.3 is 102 Å². The van der Waals surface area contributed by atoms with E-state index in [1.54, 1.807) is 218 Å². The molecule has 0 aliphatic rings. The molecule has 0 atom stereocenters. The Morgan fingerprint density at radius 2 is 0.218 bits per heavy atom. The summed E-state index contributed by atoms with van der Waals surface area (Å²) in [6.45, 7) is 2.49. The van der Waals surface area contributed by atoms with Crippen LogP contribution in [0.2, 0.25) is 0 Å². The van der Waals surface area contributed by atoms with Crippen molar-refractivity contribution in [3.63, 3.8) is 0 Å². The number of rotatable bonds is 20. The second-order valence-electron chi connectivity index (χ2n) is 26.1. The van der Waals surface area contributed by atoms with Crippen LogP contribution in [0.15, 0.2) is 364 Å². The standard InChI is InChI=1S/2C7H17N2O.12C7H6O2.8Mn.6O/c2*1-8(2)5-7(10)6-9(3)4;12*8-7(9)6-4-2-1-3-5-6;;;;;;;;;;;;;;/h2*7H,5-6H2,1-4H3;12*1-5H,(H,8,9);;;;;;;;;;;;;;/q2*-1;;;;;;;;;;;;;;;6*+3;6*-2/p-12. The predicted molar refractivity (Wildman–Crippen MR) is 455 cm³/mol. The van der Waals surface area contributed by atoms with Gasteiger partial charge in [0.2, 0.25) is 0 Å². The van der Waals surface area contributed by atoms with Gasteiger partial charge in [0.15, 0.2) is 0 Å². The molecule has 0 unspecified atom stereocenters. The van der Waals surface area contributed by atoms with Crippen LogP contribution in [0.5, 0.6) is 0 Å². The third-order valence-corrected chi connectivity index (χ3v) is 14.4. The third kappa shape index (κ3) is 94.2. The van der Waals surface area contributed by atoms with Crippen molar-refractivity contribution in [3.05, 3.63) is 431 Å². The van der Waals surface area contributed by atoms with Crippen LogP contribution in [-0.4, -0.2) is 186 Å². The summed E-state index contributed by atoms with van der Waals surface area (Å²) in [5, 5.41) is 143. The Labute approximate surface area is 907 Å². The van der Waals surface area contributed by atoms with Gasteiger partial charge in [-0.2, -0.15) is 0 Å². The van der Waals surface area contributed by atoms with Gasteiger partial charge in [0.05, 0.1) is 71.6 Å². The van der Waals surface area contributed by atoms with E-state index >= 15 is 0 Å². The van der Waals surface area contributed by atoms with Crippen LogP contribution in [0, 0.1) is 0 Å². The molecule has 0 aliphatic carbocycles.